The van der Waals surface area contributed by atoms with Gasteiger partial charge >= 0.3 is 5.97 Å². The largest absolute Gasteiger partial charge is 0.505 e. The second-order valence-corrected chi connectivity index (χ2v) is 3.90. The highest BCUT2D eigenvalue weighted by atomic mass is 16.4. The molecule has 0 atom stereocenters. The Morgan fingerprint density at radius 2 is 1.90 bits per heavy atom. The Labute approximate surface area is 112 Å². The van der Waals surface area contributed by atoms with Crippen LogP contribution in [0.3, 0.4) is 0 Å². The van der Waals surface area contributed by atoms with E-state index in [9.17, 15) is 19.5 Å². The van der Waals surface area contributed by atoms with E-state index in [2.05, 4.69) is 10.3 Å². The van der Waals surface area contributed by atoms with Crippen LogP contribution in [-0.4, -0.2) is 27.1 Å². The van der Waals surface area contributed by atoms with Gasteiger partial charge in [0, 0.05) is 12.3 Å². The molecule has 0 aliphatic heterocycles. The van der Waals surface area contributed by atoms with Crippen LogP contribution >= 0.6 is 0 Å². The second-order valence-electron chi connectivity index (χ2n) is 3.90. The minimum absolute atomic E-state index is 0.0268. The average Bonchev–Trinajstić information content (AvgIpc) is 2.41. The first kappa shape index (κ1) is 13.3. The lowest BCUT2D eigenvalue weighted by Crippen LogP contribution is -2.15. The van der Waals surface area contributed by atoms with E-state index < -0.39 is 17.6 Å². The maximum Gasteiger partial charge on any atom is 0.339 e. The Bertz CT molecular complexity index is 715. The number of aromatic carboxylic acids is 1. The summed E-state index contributed by atoms with van der Waals surface area (Å²) in [4.78, 5) is 35.9. The highest BCUT2D eigenvalue weighted by molar-refractivity contribution is 6.06. The fourth-order valence-electron chi connectivity index (χ4n) is 1.56. The number of aromatic hydroxyl groups is 1. The van der Waals surface area contributed by atoms with Gasteiger partial charge in [-0.15, -0.1) is 0 Å². The molecule has 0 saturated carbocycles. The lowest BCUT2D eigenvalue weighted by atomic mass is 10.1. The molecule has 20 heavy (non-hydrogen) atoms. The van der Waals surface area contributed by atoms with Crippen LogP contribution in [0.25, 0.3) is 0 Å². The van der Waals surface area contributed by atoms with E-state index in [1.54, 1.807) is 0 Å². The van der Waals surface area contributed by atoms with Crippen LogP contribution in [0.5, 0.6) is 5.75 Å². The third-order valence-corrected chi connectivity index (χ3v) is 2.56. The second kappa shape index (κ2) is 5.27. The molecule has 2 aromatic rings. The van der Waals surface area contributed by atoms with Gasteiger partial charge in [-0.25, -0.2) is 4.79 Å². The fraction of sp³-hybridized carbons (Fsp3) is 0. The maximum absolute atomic E-state index is 11.9. The molecule has 1 amide bonds. The number of pyridine rings is 1. The van der Waals surface area contributed by atoms with E-state index in [4.69, 9.17) is 5.11 Å². The number of anilines is 1. The summed E-state index contributed by atoms with van der Waals surface area (Å²) in [7, 11) is 0. The Balaban J connectivity index is 2.28. The maximum atomic E-state index is 11.9. The van der Waals surface area contributed by atoms with Crippen LogP contribution in [0.2, 0.25) is 0 Å². The number of carboxylic acids is 1. The fourth-order valence-corrected chi connectivity index (χ4v) is 1.56. The van der Waals surface area contributed by atoms with E-state index >= 15 is 0 Å². The zero-order valence-electron chi connectivity index (χ0n) is 10.1. The number of para-hydroxylation sites is 1. The number of nitrogens with one attached hydrogen (secondary N) is 2. The van der Waals surface area contributed by atoms with Gasteiger partial charge in [0.1, 0.15) is 5.56 Å². The number of aromatic nitrogens is 1. The molecule has 102 valence electrons. The minimum Gasteiger partial charge on any atom is -0.505 e. The Hall–Kier alpha value is -3.09. The van der Waals surface area contributed by atoms with E-state index in [1.807, 2.05) is 0 Å². The number of rotatable bonds is 3. The summed E-state index contributed by atoms with van der Waals surface area (Å²) in [5.74, 6) is -2.42. The Morgan fingerprint density at radius 3 is 2.50 bits per heavy atom. The number of carboxylic acid groups (broad SMARTS) is 1. The van der Waals surface area contributed by atoms with Crippen molar-refractivity contribution in [1.82, 2.24) is 4.98 Å². The predicted octanol–water partition coefficient (Wildman–Crippen LogP) is 1.03. The molecule has 0 radical (unpaired) electrons. The Morgan fingerprint density at radius 1 is 1.15 bits per heavy atom. The van der Waals surface area contributed by atoms with Crippen LogP contribution < -0.4 is 10.9 Å². The zero-order valence-corrected chi connectivity index (χ0v) is 10.1. The van der Waals surface area contributed by atoms with Crippen molar-refractivity contribution in [3.8, 4) is 5.75 Å². The number of aromatic amines is 1. The number of carbonyl (C=O) groups is 2. The third kappa shape index (κ3) is 2.66. The number of phenols is 1. The lowest BCUT2D eigenvalue weighted by Gasteiger charge is -2.08. The van der Waals surface area contributed by atoms with Crippen LogP contribution in [0.15, 0.2) is 41.3 Å². The quantitative estimate of drug-likeness (QED) is 0.623. The molecule has 0 unspecified atom stereocenters. The molecule has 0 saturated heterocycles. The van der Waals surface area contributed by atoms with E-state index in [0.717, 1.165) is 0 Å². The summed E-state index contributed by atoms with van der Waals surface area (Å²) in [6.45, 7) is 0. The van der Waals surface area contributed by atoms with Gasteiger partial charge < -0.3 is 20.5 Å². The van der Waals surface area contributed by atoms with Crippen molar-refractivity contribution in [2.45, 2.75) is 0 Å². The van der Waals surface area contributed by atoms with Gasteiger partial charge in [-0.1, -0.05) is 6.07 Å². The topological polar surface area (TPSA) is 119 Å². The van der Waals surface area contributed by atoms with Gasteiger partial charge in [0.2, 0.25) is 5.56 Å². The van der Waals surface area contributed by atoms with E-state index in [-0.39, 0.29) is 22.4 Å². The minimum atomic E-state index is -1.30. The first-order valence-electron chi connectivity index (χ1n) is 5.54. The molecule has 2 rings (SSSR count). The van der Waals surface area contributed by atoms with Gasteiger partial charge in [-0.2, -0.15) is 0 Å². The van der Waals surface area contributed by atoms with E-state index in [0.29, 0.717) is 0 Å². The number of H-pyrrole nitrogens is 1. The van der Waals surface area contributed by atoms with Crippen molar-refractivity contribution < 1.29 is 19.8 Å². The van der Waals surface area contributed by atoms with Crippen molar-refractivity contribution in [2.75, 3.05) is 5.32 Å². The molecule has 0 aliphatic carbocycles. The van der Waals surface area contributed by atoms with Crippen molar-refractivity contribution >= 4 is 17.6 Å². The highest BCUT2D eigenvalue weighted by Crippen LogP contribution is 2.27. The van der Waals surface area contributed by atoms with Gasteiger partial charge in [0.25, 0.3) is 5.91 Å². The molecule has 4 N–H and O–H groups in total. The molecule has 1 aromatic carbocycles. The van der Waals surface area contributed by atoms with Crippen LogP contribution in [0.1, 0.15) is 20.7 Å². The standard InChI is InChI=1S/C13H10N2O5/c16-10-5-4-7(6-14-10)12(18)15-9-3-1-2-8(11(9)17)13(19)20/h1-6,17H,(H,14,16)(H,15,18)(H,19,20). The molecule has 0 spiro atoms. The van der Waals surface area contributed by atoms with Gasteiger partial charge in [0.15, 0.2) is 5.75 Å². The monoisotopic (exact) mass is 274 g/mol. The molecule has 0 bridgehead atoms. The van der Waals surface area contributed by atoms with Crippen molar-refractivity contribution in [2.24, 2.45) is 0 Å². The van der Waals surface area contributed by atoms with Crippen LogP contribution in [0.4, 0.5) is 5.69 Å². The summed E-state index contributed by atoms with van der Waals surface area (Å²) < 4.78 is 0. The molecule has 1 aromatic heterocycles. The summed E-state index contributed by atoms with van der Waals surface area (Å²) in [6.07, 6.45) is 1.22. The van der Waals surface area contributed by atoms with Crippen LogP contribution in [-0.2, 0) is 0 Å². The first-order chi connectivity index (χ1) is 9.49. The van der Waals surface area contributed by atoms with Gasteiger partial charge in [-0.3, -0.25) is 9.59 Å². The average molecular weight is 274 g/mol. The van der Waals surface area contributed by atoms with Crippen molar-refractivity contribution in [1.29, 1.82) is 0 Å². The number of amides is 1. The smallest absolute Gasteiger partial charge is 0.339 e. The third-order valence-electron chi connectivity index (χ3n) is 2.56. The van der Waals surface area contributed by atoms with Gasteiger partial charge in [0.05, 0.1) is 11.3 Å². The molecule has 7 heteroatoms. The first-order valence-corrected chi connectivity index (χ1v) is 5.54. The normalized spacial score (nSPS) is 10.0. The summed E-state index contributed by atoms with van der Waals surface area (Å²) in [5.41, 5.74) is -0.521. The number of carbonyl (C=O) groups excluding carboxylic acids is 1. The number of hydrogen-bond acceptors (Lipinski definition) is 4. The predicted molar refractivity (Wildman–Crippen MR) is 70.1 cm³/mol. The SMILES string of the molecule is O=C(Nc1cccc(C(=O)O)c1O)c1ccc(=O)[nH]c1. The summed E-state index contributed by atoms with van der Waals surface area (Å²) in [6, 6.07) is 6.47. The number of benzene rings is 1. The molecular weight excluding hydrogens is 264 g/mol. The summed E-state index contributed by atoms with van der Waals surface area (Å²) in [5, 5.41) is 21.0. The molecule has 7 nitrogen and oxygen atoms in total. The van der Waals surface area contributed by atoms with E-state index in [1.165, 1.54) is 36.5 Å². The molecular formula is C13H10N2O5. The van der Waals surface area contributed by atoms with Gasteiger partial charge in [-0.05, 0) is 18.2 Å². The zero-order chi connectivity index (χ0) is 14.7. The highest BCUT2D eigenvalue weighted by Gasteiger charge is 2.15. The van der Waals surface area contributed by atoms with Crippen molar-refractivity contribution in [3.05, 3.63) is 58.0 Å². The molecule has 1 heterocycles. The van der Waals surface area contributed by atoms with Crippen molar-refractivity contribution in [3.63, 3.8) is 0 Å². The van der Waals surface area contributed by atoms with Crippen LogP contribution in [0, 0.1) is 0 Å². The summed E-state index contributed by atoms with van der Waals surface area (Å²) >= 11 is 0. The Kier molecular flexibility index (Phi) is 3.52. The lowest BCUT2D eigenvalue weighted by molar-refractivity contribution is 0.0693. The molecule has 0 fully saturated rings. The molecule has 0 aliphatic rings. The number of hydrogen-bond donors (Lipinski definition) is 4.